The highest BCUT2D eigenvalue weighted by Gasteiger charge is 2.58. The van der Waals surface area contributed by atoms with Gasteiger partial charge in [-0.2, -0.15) is 0 Å². The molecule has 186 valence electrons. The number of hydrogen-bond donors (Lipinski definition) is 2. The maximum absolute atomic E-state index is 14.7. The van der Waals surface area contributed by atoms with Gasteiger partial charge in [0.1, 0.15) is 5.82 Å². The summed E-state index contributed by atoms with van der Waals surface area (Å²) in [5.41, 5.74) is -0.214. The van der Waals surface area contributed by atoms with Crippen LogP contribution in [0, 0.1) is 23.6 Å². The SMILES string of the molecule is C[C@@H](NC(=O)c1cn(C23CC(C2)C3)c(=O)cc1N[C@H]1[C@@H]2CN(C)C[C@@H]21)c1cccc(C(F)F)c1F. The zero-order chi connectivity index (χ0) is 24.6. The topological polar surface area (TPSA) is 66.4 Å². The average molecular weight is 487 g/mol. The monoisotopic (exact) mass is 486 g/mol. The Morgan fingerprint density at radius 2 is 1.80 bits per heavy atom. The molecule has 4 saturated carbocycles. The Labute approximate surface area is 201 Å². The first-order valence-electron chi connectivity index (χ1n) is 12.3. The van der Waals surface area contributed by atoms with E-state index in [1.165, 1.54) is 18.2 Å². The number of alkyl halides is 2. The van der Waals surface area contributed by atoms with Gasteiger partial charge >= 0.3 is 0 Å². The van der Waals surface area contributed by atoms with Crippen LogP contribution >= 0.6 is 0 Å². The van der Waals surface area contributed by atoms with Crippen LogP contribution in [0.1, 0.15) is 60.1 Å². The van der Waals surface area contributed by atoms with Gasteiger partial charge in [0, 0.05) is 42.5 Å². The Hall–Kier alpha value is -2.81. The molecule has 1 saturated heterocycles. The van der Waals surface area contributed by atoms with E-state index in [-0.39, 0.29) is 22.7 Å². The highest BCUT2D eigenvalue weighted by atomic mass is 19.3. The fourth-order valence-corrected chi connectivity index (χ4v) is 6.49. The van der Waals surface area contributed by atoms with Crippen molar-refractivity contribution in [3.8, 4) is 0 Å². The minimum Gasteiger partial charge on any atom is -0.381 e. The number of pyridine rings is 1. The summed E-state index contributed by atoms with van der Waals surface area (Å²) < 4.78 is 42.7. The number of carbonyl (C=O) groups excluding carboxylic acids is 1. The molecule has 0 unspecified atom stereocenters. The van der Waals surface area contributed by atoms with Gasteiger partial charge in [0.25, 0.3) is 17.9 Å². The summed E-state index contributed by atoms with van der Waals surface area (Å²) in [6, 6.07) is 4.69. The molecular weight excluding hydrogens is 457 g/mol. The van der Waals surface area contributed by atoms with E-state index in [1.54, 1.807) is 17.7 Å². The van der Waals surface area contributed by atoms with Crippen LogP contribution in [0.15, 0.2) is 35.3 Å². The fraction of sp³-hybridized carbons (Fsp3) is 0.538. The van der Waals surface area contributed by atoms with E-state index in [1.807, 2.05) is 0 Å². The highest BCUT2D eigenvalue weighted by molar-refractivity contribution is 5.99. The lowest BCUT2D eigenvalue weighted by molar-refractivity contribution is -0.0914. The number of likely N-dealkylation sites (tertiary alicyclic amines) is 1. The van der Waals surface area contributed by atoms with Gasteiger partial charge in [-0.1, -0.05) is 18.2 Å². The number of hydrogen-bond acceptors (Lipinski definition) is 4. The molecule has 1 aromatic heterocycles. The molecule has 5 aliphatic rings. The molecule has 1 amide bonds. The van der Waals surface area contributed by atoms with Gasteiger partial charge in [-0.3, -0.25) is 9.59 Å². The van der Waals surface area contributed by atoms with Crippen molar-refractivity contribution >= 4 is 11.6 Å². The minimum atomic E-state index is -2.94. The Balaban J connectivity index is 1.29. The third kappa shape index (κ3) is 3.58. The molecule has 35 heavy (non-hydrogen) atoms. The molecule has 4 atom stereocenters. The van der Waals surface area contributed by atoms with Crippen LogP contribution in [0.3, 0.4) is 0 Å². The van der Waals surface area contributed by atoms with Gasteiger partial charge in [-0.15, -0.1) is 0 Å². The van der Waals surface area contributed by atoms with Crippen molar-refractivity contribution in [1.29, 1.82) is 0 Å². The molecule has 0 spiro atoms. The lowest BCUT2D eigenvalue weighted by Crippen LogP contribution is -2.62. The minimum absolute atomic E-state index is 0.00170. The van der Waals surface area contributed by atoms with Crippen LogP contribution in [0.2, 0.25) is 0 Å². The summed E-state index contributed by atoms with van der Waals surface area (Å²) in [5, 5.41) is 6.20. The number of nitrogens with one attached hydrogen (secondary N) is 2. The molecule has 9 heteroatoms. The number of benzene rings is 1. The normalized spacial score (nSPS) is 31.4. The fourth-order valence-electron chi connectivity index (χ4n) is 6.49. The maximum Gasteiger partial charge on any atom is 0.266 e. The van der Waals surface area contributed by atoms with Crippen LogP contribution in [0.4, 0.5) is 18.9 Å². The van der Waals surface area contributed by atoms with Crippen LogP contribution in [0.25, 0.3) is 0 Å². The number of anilines is 1. The summed E-state index contributed by atoms with van der Waals surface area (Å²) in [7, 11) is 2.08. The number of piperidine rings is 1. The quantitative estimate of drug-likeness (QED) is 0.623. The number of halogens is 3. The Bertz CT molecular complexity index is 1230. The van der Waals surface area contributed by atoms with E-state index >= 15 is 0 Å². The molecule has 0 radical (unpaired) electrons. The molecule has 7 rings (SSSR count). The van der Waals surface area contributed by atoms with E-state index < -0.39 is 29.8 Å². The molecule has 2 bridgehead atoms. The number of amides is 1. The van der Waals surface area contributed by atoms with Crippen molar-refractivity contribution in [2.75, 3.05) is 25.5 Å². The van der Waals surface area contributed by atoms with Crippen LogP contribution in [0.5, 0.6) is 0 Å². The first-order chi connectivity index (χ1) is 16.7. The van der Waals surface area contributed by atoms with Gasteiger partial charge in [-0.05, 0) is 51.0 Å². The van der Waals surface area contributed by atoms with Crippen molar-refractivity contribution in [3.63, 3.8) is 0 Å². The molecule has 1 aromatic carbocycles. The highest BCUT2D eigenvalue weighted by Crippen LogP contribution is 2.61. The van der Waals surface area contributed by atoms with Crippen molar-refractivity contribution in [3.05, 3.63) is 63.3 Å². The zero-order valence-electron chi connectivity index (χ0n) is 19.7. The van der Waals surface area contributed by atoms with E-state index in [0.29, 0.717) is 29.0 Å². The third-order valence-electron chi connectivity index (χ3n) is 8.62. The van der Waals surface area contributed by atoms with Crippen molar-refractivity contribution in [2.24, 2.45) is 17.8 Å². The van der Waals surface area contributed by atoms with Crippen molar-refractivity contribution in [1.82, 2.24) is 14.8 Å². The van der Waals surface area contributed by atoms with Gasteiger partial charge in [0.15, 0.2) is 0 Å². The van der Waals surface area contributed by atoms with Gasteiger partial charge in [0.2, 0.25) is 0 Å². The smallest absolute Gasteiger partial charge is 0.266 e. The lowest BCUT2D eigenvalue weighted by atomic mass is 9.49. The average Bonchev–Trinajstić information content (AvgIpc) is 3.17. The Morgan fingerprint density at radius 3 is 2.40 bits per heavy atom. The van der Waals surface area contributed by atoms with E-state index in [0.717, 1.165) is 38.4 Å². The van der Waals surface area contributed by atoms with Crippen molar-refractivity contribution < 1.29 is 18.0 Å². The summed E-state index contributed by atoms with van der Waals surface area (Å²) in [6.45, 7) is 3.52. The maximum atomic E-state index is 14.7. The molecular formula is C26H29F3N4O2. The van der Waals surface area contributed by atoms with Crippen LogP contribution in [-0.4, -0.2) is 41.6 Å². The molecule has 6 nitrogen and oxygen atoms in total. The summed E-state index contributed by atoms with van der Waals surface area (Å²) in [4.78, 5) is 28.7. The predicted octanol–water partition coefficient (Wildman–Crippen LogP) is 3.90. The Kier molecular flexibility index (Phi) is 5.08. The Morgan fingerprint density at radius 1 is 1.14 bits per heavy atom. The standard InChI is InChI=1S/C26H29F3N4O2/c1-13(15-4-3-5-16(22(15)27)24(28)29)30-25(35)19-12-33(26-7-14(8-26)9-26)21(34)6-20(19)31-23-17-10-32(2)11-18(17)23/h3-6,12-14,17-18,23-24,31H,7-11H2,1-2H3,(H,30,35)/t13-,14?,17-,18+,23+,26?/m1/s1. The number of rotatable bonds is 7. The molecule has 2 aromatic rings. The predicted molar refractivity (Wildman–Crippen MR) is 125 cm³/mol. The molecule has 4 aliphatic carbocycles. The summed E-state index contributed by atoms with van der Waals surface area (Å²) in [6.07, 6.45) is 1.53. The molecule has 2 heterocycles. The van der Waals surface area contributed by atoms with Gasteiger partial charge in [0.05, 0.1) is 22.9 Å². The zero-order valence-corrected chi connectivity index (χ0v) is 19.7. The molecule has 5 fully saturated rings. The van der Waals surface area contributed by atoms with Crippen molar-refractivity contribution in [2.45, 2.75) is 50.2 Å². The second-order valence-electron chi connectivity index (χ2n) is 11.0. The molecule has 2 N–H and O–H groups in total. The number of nitrogens with zero attached hydrogens (tertiary/aromatic N) is 2. The second kappa shape index (κ2) is 7.85. The largest absolute Gasteiger partial charge is 0.381 e. The van der Waals surface area contributed by atoms with E-state index in [2.05, 4.69) is 22.6 Å². The third-order valence-corrected chi connectivity index (χ3v) is 8.62. The van der Waals surface area contributed by atoms with Gasteiger partial charge in [-0.25, -0.2) is 13.2 Å². The van der Waals surface area contributed by atoms with Gasteiger partial charge < -0.3 is 20.1 Å². The van der Waals surface area contributed by atoms with E-state index in [4.69, 9.17) is 0 Å². The number of carbonyl (C=O) groups is 1. The summed E-state index contributed by atoms with van der Waals surface area (Å²) >= 11 is 0. The first-order valence-corrected chi connectivity index (χ1v) is 12.3. The lowest BCUT2D eigenvalue weighted by Gasteiger charge is -2.62. The van der Waals surface area contributed by atoms with E-state index in [9.17, 15) is 22.8 Å². The first kappa shape index (κ1) is 22.6. The molecule has 1 aliphatic heterocycles. The second-order valence-corrected chi connectivity index (χ2v) is 11.0. The summed E-state index contributed by atoms with van der Waals surface area (Å²) in [5.74, 6) is 0.152. The number of fused-ring (bicyclic) bond motifs is 1. The van der Waals surface area contributed by atoms with Crippen LogP contribution in [-0.2, 0) is 5.54 Å². The number of aromatic nitrogens is 1. The van der Waals surface area contributed by atoms with Crippen LogP contribution < -0.4 is 16.2 Å².